The SMILES string of the molecule is Cc1cc(C(C)(O)CNC(=O)Nc2cc(C#N)ccc2C)c(C)o1. The van der Waals surface area contributed by atoms with Crippen molar-refractivity contribution in [2.45, 2.75) is 33.3 Å². The minimum absolute atomic E-state index is 0.0234. The maximum absolute atomic E-state index is 12.1. The molecule has 0 saturated carbocycles. The van der Waals surface area contributed by atoms with Crippen LogP contribution in [0.2, 0.25) is 0 Å². The van der Waals surface area contributed by atoms with Crippen molar-refractivity contribution >= 4 is 11.7 Å². The zero-order chi connectivity index (χ0) is 17.9. The first kappa shape index (κ1) is 17.6. The first-order valence-corrected chi connectivity index (χ1v) is 7.58. The van der Waals surface area contributed by atoms with Gasteiger partial charge in [0.1, 0.15) is 17.1 Å². The Labute approximate surface area is 141 Å². The summed E-state index contributed by atoms with van der Waals surface area (Å²) < 4.78 is 5.43. The minimum Gasteiger partial charge on any atom is -0.466 e. The van der Waals surface area contributed by atoms with Crippen LogP contribution in [-0.2, 0) is 5.60 Å². The van der Waals surface area contributed by atoms with Crippen molar-refractivity contribution in [2.24, 2.45) is 0 Å². The van der Waals surface area contributed by atoms with Gasteiger partial charge in [0.05, 0.1) is 18.2 Å². The van der Waals surface area contributed by atoms with Crippen molar-refractivity contribution in [3.63, 3.8) is 0 Å². The molecule has 1 unspecified atom stereocenters. The number of carbonyl (C=O) groups excluding carboxylic acids is 1. The Morgan fingerprint density at radius 2 is 2.04 bits per heavy atom. The Hall–Kier alpha value is -2.78. The van der Waals surface area contributed by atoms with E-state index in [-0.39, 0.29) is 6.54 Å². The molecule has 126 valence electrons. The average molecular weight is 327 g/mol. The summed E-state index contributed by atoms with van der Waals surface area (Å²) in [4.78, 5) is 12.1. The van der Waals surface area contributed by atoms with E-state index >= 15 is 0 Å². The summed E-state index contributed by atoms with van der Waals surface area (Å²) in [5.41, 5.74) is 1.26. The molecule has 6 heteroatoms. The van der Waals surface area contributed by atoms with Crippen LogP contribution in [0, 0.1) is 32.1 Å². The lowest BCUT2D eigenvalue weighted by molar-refractivity contribution is 0.0584. The molecule has 0 aliphatic carbocycles. The highest BCUT2D eigenvalue weighted by Crippen LogP contribution is 2.26. The number of urea groups is 1. The first-order chi connectivity index (χ1) is 11.2. The van der Waals surface area contributed by atoms with Gasteiger partial charge >= 0.3 is 6.03 Å². The smallest absolute Gasteiger partial charge is 0.319 e. The Kier molecular flexibility index (Phi) is 4.96. The molecule has 24 heavy (non-hydrogen) atoms. The van der Waals surface area contributed by atoms with E-state index < -0.39 is 11.6 Å². The van der Waals surface area contributed by atoms with Crippen LogP contribution in [0.3, 0.4) is 0 Å². The third-order valence-corrected chi connectivity index (χ3v) is 3.83. The maximum atomic E-state index is 12.1. The van der Waals surface area contributed by atoms with Gasteiger partial charge in [-0.3, -0.25) is 0 Å². The number of carbonyl (C=O) groups is 1. The van der Waals surface area contributed by atoms with Crippen molar-refractivity contribution in [2.75, 3.05) is 11.9 Å². The second-order valence-electron chi connectivity index (χ2n) is 6.05. The van der Waals surface area contributed by atoms with E-state index in [1.54, 1.807) is 45.0 Å². The number of anilines is 1. The highest BCUT2D eigenvalue weighted by atomic mass is 16.3. The molecule has 3 N–H and O–H groups in total. The predicted octanol–water partition coefficient (Wildman–Crippen LogP) is 3.11. The van der Waals surface area contributed by atoms with Crippen molar-refractivity contribution in [3.8, 4) is 6.07 Å². The molecule has 2 aromatic rings. The molecule has 1 atom stereocenters. The number of rotatable bonds is 4. The number of hydrogen-bond donors (Lipinski definition) is 3. The van der Waals surface area contributed by atoms with E-state index in [2.05, 4.69) is 10.6 Å². The predicted molar refractivity (Wildman–Crippen MR) is 90.7 cm³/mol. The van der Waals surface area contributed by atoms with Gasteiger partial charge in [0.2, 0.25) is 0 Å². The molecule has 2 amide bonds. The van der Waals surface area contributed by atoms with Gasteiger partial charge in [-0.15, -0.1) is 0 Å². The van der Waals surface area contributed by atoms with Crippen molar-refractivity contribution in [1.82, 2.24) is 5.32 Å². The summed E-state index contributed by atoms with van der Waals surface area (Å²) in [6, 6.07) is 8.40. The maximum Gasteiger partial charge on any atom is 0.319 e. The topological polar surface area (TPSA) is 98.3 Å². The molecule has 2 rings (SSSR count). The second-order valence-corrected chi connectivity index (χ2v) is 6.05. The van der Waals surface area contributed by atoms with Crippen LogP contribution in [0.4, 0.5) is 10.5 Å². The van der Waals surface area contributed by atoms with Gasteiger partial charge in [-0.05, 0) is 51.5 Å². The molecule has 0 saturated heterocycles. The molecule has 1 heterocycles. The van der Waals surface area contributed by atoms with Gasteiger partial charge in [0.25, 0.3) is 0 Å². The van der Waals surface area contributed by atoms with Gasteiger partial charge in [0.15, 0.2) is 0 Å². The number of nitrogens with one attached hydrogen (secondary N) is 2. The lowest BCUT2D eigenvalue weighted by atomic mass is 9.96. The number of nitriles is 1. The van der Waals surface area contributed by atoms with Gasteiger partial charge in [-0.1, -0.05) is 6.07 Å². The van der Waals surface area contributed by atoms with Gasteiger partial charge < -0.3 is 20.2 Å². The van der Waals surface area contributed by atoms with Gasteiger partial charge in [-0.25, -0.2) is 4.79 Å². The third-order valence-electron chi connectivity index (χ3n) is 3.83. The van der Waals surface area contributed by atoms with Crippen LogP contribution < -0.4 is 10.6 Å². The summed E-state index contributed by atoms with van der Waals surface area (Å²) in [6.07, 6.45) is 0. The van der Waals surface area contributed by atoms with E-state index in [9.17, 15) is 9.90 Å². The standard InChI is InChI=1S/C18H21N3O3/c1-11-5-6-14(9-19)8-16(11)21-17(22)20-10-18(4,23)15-7-12(2)24-13(15)3/h5-8,23H,10H2,1-4H3,(H2,20,21,22). The summed E-state index contributed by atoms with van der Waals surface area (Å²) in [6.45, 7) is 7.05. The number of furan rings is 1. The zero-order valence-electron chi connectivity index (χ0n) is 14.2. The summed E-state index contributed by atoms with van der Waals surface area (Å²) >= 11 is 0. The molecule has 0 radical (unpaired) electrons. The summed E-state index contributed by atoms with van der Waals surface area (Å²) in [5.74, 6) is 1.33. The highest BCUT2D eigenvalue weighted by Gasteiger charge is 2.28. The fourth-order valence-corrected chi connectivity index (χ4v) is 2.51. The van der Waals surface area contributed by atoms with Crippen molar-refractivity contribution in [1.29, 1.82) is 5.26 Å². The molecule has 6 nitrogen and oxygen atoms in total. The Morgan fingerprint density at radius 1 is 1.33 bits per heavy atom. The molecule has 0 bridgehead atoms. The largest absolute Gasteiger partial charge is 0.466 e. The Morgan fingerprint density at radius 3 is 2.62 bits per heavy atom. The van der Waals surface area contributed by atoms with Crippen LogP contribution in [0.25, 0.3) is 0 Å². The average Bonchev–Trinajstić information content (AvgIpc) is 2.87. The molecule has 0 fully saturated rings. The highest BCUT2D eigenvalue weighted by molar-refractivity contribution is 5.90. The van der Waals surface area contributed by atoms with Crippen LogP contribution in [0.5, 0.6) is 0 Å². The van der Waals surface area contributed by atoms with E-state index in [0.29, 0.717) is 28.3 Å². The van der Waals surface area contributed by atoms with Gasteiger partial charge in [0, 0.05) is 11.3 Å². The fraction of sp³-hybridized carbons (Fsp3) is 0.333. The molecule has 0 aliphatic heterocycles. The normalized spacial score (nSPS) is 13.0. The molecule has 0 aliphatic rings. The molecule has 1 aromatic heterocycles. The molecular weight excluding hydrogens is 306 g/mol. The van der Waals surface area contributed by atoms with E-state index in [0.717, 1.165) is 5.56 Å². The first-order valence-electron chi connectivity index (χ1n) is 7.58. The number of hydrogen-bond acceptors (Lipinski definition) is 4. The van der Waals surface area contributed by atoms with E-state index in [4.69, 9.17) is 9.68 Å². The molecular formula is C18H21N3O3. The van der Waals surface area contributed by atoms with E-state index in [1.807, 2.05) is 13.0 Å². The molecule has 0 spiro atoms. The summed E-state index contributed by atoms with van der Waals surface area (Å²) in [5, 5.41) is 24.9. The third kappa shape index (κ3) is 3.94. The number of benzene rings is 1. The zero-order valence-corrected chi connectivity index (χ0v) is 14.2. The second kappa shape index (κ2) is 6.77. The number of aryl methyl sites for hydroxylation is 3. The van der Waals surface area contributed by atoms with Crippen LogP contribution in [0.1, 0.15) is 35.1 Å². The fourth-order valence-electron chi connectivity index (χ4n) is 2.51. The lowest BCUT2D eigenvalue weighted by Crippen LogP contribution is -2.40. The Balaban J connectivity index is 2.03. The number of nitrogens with zero attached hydrogens (tertiary/aromatic N) is 1. The van der Waals surface area contributed by atoms with Crippen LogP contribution in [-0.4, -0.2) is 17.7 Å². The Bertz CT molecular complexity index is 800. The van der Waals surface area contributed by atoms with Crippen LogP contribution >= 0.6 is 0 Å². The van der Waals surface area contributed by atoms with Crippen molar-refractivity contribution in [3.05, 3.63) is 52.5 Å². The summed E-state index contributed by atoms with van der Waals surface area (Å²) in [7, 11) is 0. The van der Waals surface area contributed by atoms with E-state index in [1.165, 1.54) is 0 Å². The lowest BCUT2D eigenvalue weighted by Gasteiger charge is -2.23. The number of amides is 2. The van der Waals surface area contributed by atoms with Gasteiger partial charge in [-0.2, -0.15) is 5.26 Å². The monoisotopic (exact) mass is 327 g/mol. The van der Waals surface area contributed by atoms with Crippen molar-refractivity contribution < 1.29 is 14.3 Å². The van der Waals surface area contributed by atoms with Crippen LogP contribution in [0.15, 0.2) is 28.7 Å². The molecule has 1 aromatic carbocycles. The number of aliphatic hydroxyl groups is 1. The quantitative estimate of drug-likeness (QED) is 0.803. The minimum atomic E-state index is -1.25.